The highest BCUT2D eigenvalue weighted by atomic mass is 16.4. The second-order valence-corrected chi connectivity index (χ2v) is 3.30. The summed E-state index contributed by atoms with van der Waals surface area (Å²) in [6.07, 6.45) is 3.01. The Labute approximate surface area is 86.1 Å². The predicted molar refractivity (Wildman–Crippen MR) is 52.5 cm³/mol. The smallest absolute Gasteiger partial charge is 0.311 e. The Hall–Kier alpha value is -1.97. The molecule has 1 N–H and O–H groups in total. The monoisotopic (exact) mass is 206 g/mol. The minimum Gasteiger partial charge on any atom is -0.481 e. The van der Waals surface area contributed by atoms with E-state index in [1.807, 2.05) is 13.0 Å². The van der Waals surface area contributed by atoms with Crippen LogP contribution in [-0.4, -0.2) is 11.1 Å². The minimum absolute atomic E-state index is 0.0936. The van der Waals surface area contributed by atoms with Crippen LogP contribution < -0.4 is 0 Å². The SMILES string of the molecule is Cc1cc(-c2ccoc2)oc1CC(=O)O. The summed E-state index contributed by atoms with van der Waals surface area (Å²) in [7, 11) is 0. The number of aliphatic carboxylic acids is 1. The third-order valence-corrected chi connectivity index (χ3v) is 2.14. The van der Waals surface area contributed by atoms with Crippen molar-refractivity contribution < 1.29 is 18.7 Å². The lowest BCUT2D eigenvalue weighted by Gasteiger charge is -1.92. The largest absolute Gasteiger partial charge is 0.481 e. The molecule has 0 unspecified atom stereocenters. The summed E-state index contributed by atoms with van der Waals surface area (Å²) in [5.41, 5.74) is 1.66. The van der Waals surface area contributed by atoms with Crippen LogP contribution in [-0.2, 0) is 11.2 Å². The van der Waals surface area contributed by atoms with E-state index in [0.29, 0.717) is 11.5 Å². The van der Waals surface area contributed by atoms with Gasteiger partial charge in [-0.1, -0.05) is 0 Å². The lowest BCUT2D eigenvalue weighted by molar-refractivity contribution is -0.136. The molecule has 0 radical (unpaired) electrons. The van der Waals surface area contributed by atoms with Crippen LogP contribution in [0.1, 0.15) is 11.3 Å². The number of aryl methyl sites for hydroxylation is 1. The van der Waals surface area contributed by atoms with Crippen LogP contribution in [0.3, 0.4) is 0 Å². The van der Waals surface area contributed by atoms with Crippen molar-refractivity contribution in [3.63, 3.8) is 0 Å². The van der Waals surface area contributed by atoms with Gasteiger partial charge in [0.15, 0.2) is 0 Å². The Balaban J connectivity index is 2.33. The number of hydrogen-bond acceptors (Lipinski definition) is 3. The maximum atomic E-state index is 10.5. The van der Waals surface area contributed by atoms with E-state index in [0.717, 1.165) is 11.1 Å². The van der Waals surface area contributed by atoms with Gasteiger partial charge in [-0.3, -0.25) is 4.79 Å². The molecular formula is C11H10O4. The van der Waals surface area contributed by atoms with Crippen molar-refractivity contribution in [3.8, 4) is 11.3 Å². The lowest BCUT2D eigenvalue weighted by atomic mass is 10.2. The minimum atomic E-state index is -0.897. The van der Waals surface area contributed by atoms with Gasteiger partial charge in [-0.25, -0.2) is 0 Å². The average Bonchev–Trinajstić information content (AvgIpc) is 2.75. The molecule has 0 aliphatic rings. The maximum absolute atomic E-state index is 10.5. The second-order valence-electron chi connectivity index (χ2n) is 3.30. The normalized spacial score (nSPS) is 10.5. The van der Waals surface area contributed by atoms with Gasteiger partial charge in [0.1, 0.15) is 24.2 Å². The number of rotatable bonds is 3. The summed E-state index contributed by atoms with van der Waals surface area (Å²) in [6.45, 7) is 1.82. The van der Waals surface area contributed by atoms with Crippen LogP contribution in [0.4, 0.5) is 0 Å². The Morgan fingerprint density at radius 2 is 2.33 bits per heavy atom. The number of hydrogen-bond donors (Lipinski definition) is 1. The molecule has 4 heteroatoms. The van der Waals surface area contributed by atoms with Gasteiger partial charge in [0.25, 0.3) is 0 Å². The Morgan fingerprint density at radius 3 is 2.93 bits per heavy atom. The highest BCUT2D eigenvalue weighted by Crippen LogP contribution is 2.25. The molecular weight excluding hydrogens is 196 g/mol. The van der Waals surface area contributed by atoms with Crippen molar-refractivity contribution in [1.29, 1.82) is 0 Å². The molecule has 15 heavy (non-hydrogen) atoms. The first-order valence-corrected chi connectivity index (χ1v) is 4.50. The number of furan rings is 2. The number of carbonyl (C=O) groups is 1. The Kier molecular flexibility index (Phi) is 2.33. The van der Waals surface area contributed by atoms with Crippen LogP contribution in [0.25, 0.3) is 11.3 Å². The van der Waals surface area contributed by atoms with Crippen molar-refractivity contribution in [2.75, 3.05) is 0 Å². The van der Waals surface area contributed by atoms with E-state index < -0.39 is 5.97 Å². The highest BCUT2D eigenvalue weighted by molar-refractivity contribution is 5.70. The van der Waals surface area contributed by atoms with E-state index in [2.05, 4.69) is 0 Å². The summed E-state index contributed by atoms with van der Waals surface area (Å²) in [6, 6.07) is 3.58. The van der Waals surface area contributed by atoms with Crippen LogP contribution >= 0.6 is 0 Å². The maximum Gasteiger partial charge on any atom is 0.311 e. The second kappa shape index (κ2) is 3.65. The molecule has 0 aliphatic carbocycles. The number of carboxylic acid groups (broad SMARTS) is 1. The summed E-state index contributed by atoms with van der Waals surface area (Å²) >= 11 is 0. The topological polar surface area (TPSA) is 63.6 Å². The van der Waals surface area contributed by atoms with Crippen LogP contribution in [0.15, 0.2) is 33.5 Å². The standard InChI is InChI=1S/C11H10O4/c1-7-4-10(8-2-3-14-6-8)15-9(7)5-11(12)13/h2-4,6H,5H2,1H3,(H,12,13). The van der Waals surface area contributed by atoms with Crippen molar-refractivity contribution in [1.82, 2.24) is 0 Å². The molecule has 0 atom stereocenters. The molecule has 0 aromatic carbocycles. The van der Waals surface area contributed by atoms with Crippen molar-refractivity contribution >= 4 is 5.97 Å². The quantitative estimate of drug-likeness (QED) is 0.837. The molecule has 2 rings (SSSR count). The van der Waals surface area contributed by atoms with E-state index in [1.54, 1.807) is 18.6 Å². The zero-order chi connectivity index (χ0) is 10.8. The van der Waals surface area contributed by atoms with Crippen molar-refractivity contribution in [2.45, 2.75) is 13.3 Å². The van der Waals surface area contributed by atoms with Crippen LogP contribution in [0.2, 0.25) is 0 Å². The van der Waals surface area contributed by atoms with E-state index in [4.69, 9.17) is 13.9 Å². The molecule has 0 bridgehead atoms. The van der Waals surface area contributed by atoms with Crippen LogP contribution in [0.5, 0.6) is 0 Å². The fourth-order valence-corrected chi connectivity index (χ4v) is 1.38. The van der Waals surface area contributed by atoms with Crippen LogP contribution in [0, 0.1) is 6.92 Å². The van der Waals surface area contributed by atoms with Gasteiger partial charge in [0, 0.05) is 0 Å². The molecule has 78 valence electrons. The Bertz CT molecular complexity index is 465. The van der Waals surface area contributed by atoms with Crippen molar-refractivity contribution in [3.05, 3.63) is 36.0 Å². The molecule has 0 saturated carbocycles. The highest BCUT2D eigenvalue weighted by Gasteiger charge is 2.12. The molecule has 4 nitrogen and oxygen atoms in total. The molecule has 0 amide bonds. The number of carboxylic acids is 1. The molecule has 0 fully saturated rings. The molecule has 0 saturated heterocycles. The molecule has 0 spiro atoms. The van der Waals surface area contributed by atoms with Gasteiger partial charge in [-0.2, -0.15) is 0 Å². The molecule has 2 heterocycles. The first-order valence-electron chi connectivity index (χ1n) is 4.50. The predicted octanol–water partition coefficient (Wildman–Crippen LogP) is 2.48. The van der Waals surface area contributed by atoms with E-state index >= 15 is 0 Å². The van der Waals surface area contributed by atoms with E-state index in [9.17, 15) is 4.79 Å². The molecule has 2 aromatic heterocycles. The Morgan fingerprint density at radius 1 is 1.53 bits per heavy atom. The third-order valence-electron chi connectivity index (χ3n) is 2.14. The fourth-order valence-electron chi connectivity index (χ4n) is 1.38. The van der Waals surface area contributed by atoms with E-state index in [1.165, 1.54) is 0 Å². The van der Waals surface area contributed by atoms with Gasteiger partial charge < -0.3 is 13.9 Å². The summed E-state index contributed by atoms with van der Waals surface area (Å²) in [5.74, 6) is 0.224. The molecule has 0 aliphatic heterocycles. The summed E-state index contributed by atoms with van der Waals surface area (Å²) < 4.78 is 10.4. The molecule has 2 aromatic rings. The van der Waals surface area contributed by atoms with Gasteiger partial charge in [0.2, 0.25) is 0 Å². The van der Waals surface area contributed by atoms with Crippen molar-refractivity contribution in [2.24, 2.45) is 0 Å². The average molecular weight is 206 g/mol. The van der Waals surface area contributed by atoms with Gasteiger partial charge in [-0.05, 0) is 24.6 Å². The third kappa shape index (κ3) is 1.93. The van der Waals surface area contributed by atoms with E-state index in [-0.39, 0.29) is 6.42 Å². The zero-order valence-electron chi connectivity index (χ0n) is 8.19. The fraction of sp³-hybridized carbons (Fsp3) is 0.182. The van der Waals surface area contributed by atoms with Gasteiger partial charge >= 0.3 is 5.97 Å². The van der Waals surface area contributed by atoms with Gasteiger partial charge in [0.05, 0.1) is 11.8 Å². The first-order chi connectivity index (χ1) is 7.16. The lowest BCUT2D eigenvalue weighted by Crippen LogP contribution is -1.99. The first kappa shape index (κ1) is 9.58. The summed E-state index contributed by atoms with van der Waals surface area (Å²) in [5, 5.41) is 8.65. The summed E-state index contributed by atoms with van der Waals surface area (Å²) in [4.78, 5) is 10.5. The zero-order valence-corrected chi connectivity index (χ0v) is 8.19. The van der Waals surface area contributed by atoms with Gasteiger partial charge in [-0.15, -0.1) is 0 Å².